The number of aliphatic hydroxyl groups excluding tert-OH is 1. The highest BCUT2D eigenvalue weighted by Crippen LogP contribution is 2.18. The van der Waals surface area contributed by atoms with Crippen molar-refractivity contribution in [1.29, 1.82) is 0 Å². The zero-order valence-electron chi connectivity index (χ0n) is 10.1. The van der Waals surface area contributed by atoms with Crippen LogP contribution in [0.1, 0.15) is 48.4 Å². The second kappa shape index (κ2) is 5.36. The summed E-state index contributed by atoms with van der Waals surface area (Å²) < 4.78 is 5.26. The molecule has 1 fully saturated rings. The lowest BCUT2D eigenvalue weighted by molar-refractivity contribution is 0.0793. The number of hydrogen-bond donors (Lipinski definition) is 2. The first-order chi connectivity index (χ1) is 8.16. The first-order valence-electron chi connectivity index (χ1n) is 6.22. The Morgan fingerprint density at radius 1 is 1.35 bits per heavy atom. The summed E-state index contributed by atoms with van der Waals surface area (Å²) in [6.45, 7) is 1.80. The van der Waals surface area contributed by atoms with Crippen LogP contribution in [0, 0.1) is 6.92 Å². The molecule has 0 aromatic carbocycles. The van der Waals surface area contributed by atoms with Crippen LogP contribution in [-0.2, 0) is 0 Å². The van der Waals surface area contributed by atoms with E-state index in [0.717, 1.165) is 37.9 Å². The Morgan fingerprint density at radius 3 is 2.82 bits per heavy atom. The van der Waals surface area contributed by atoms with Crippen molar-refractivity contribution in [3.8, 4) is 0 Å². The van der Waals surface area contributed by atoms with Gasteiger partial charge in [0, 0.05) is 0 Å². The molecule has 1 aliphatic carbocycles. The molecule has 94 valence electrons. The molecule has 0 bridgehead atoms. The van der Waals surface area contributed by atoms with E-state index in [0.29, 0.717) is 5.76 Å². The van der Waals surface area contributed by atoms with E-state index in [1.165, 1.54) is 0 Å². The van der Waals surface area contributed by atoms with Crippen molar-refractivity contribution >= 4 is 5.91 Å². The maximum Gasteiger partial charge on any atom is 0.287 e. The minimum Gasteiger partial charge on any atom is -0.456 e. The molecule has 0 aliphatic heterocycles. The summed E-state index contributed by atoms with van der Waals surface area (Å²) in [5, 5.41) is 12.8. The molecule has 1 amide bonds. The van der Waals surface area contributed by atoms with Gasteiger partial charge in [0.25, 0.3) is 5.91 Å². The number of aryl methyl sites for hydroxylation is 1. The average molecular weight is 237 g/mol. The monoisotopic (exact) mass is 237 g/mol. The third-order valence-electron chi connectivity index (χ3n) is 3.26. The predicted octanol–water partition coefficient (Wildman–Crippen LogP) is 2.01. The summed E-state index contributed by atoms with van der Waals surface area (Å²) in [4.78, 5) is 11.9. The predicted molar refractivity (Wildman–Crippen MR) is 63.8 cm³/mol. The number of furan rings is 1. The molecule has 2 unspecified atom stereocenters. The molecule has 0 spiro atoms. The largest absolute Gasteiger partial charge is 0.456 e. The summed E-state index contributed by atoms with van der Waals surface area (Å²) in [7, 11) is 0. The van der Waals surface area contributed by atoms with Crippen LogP contribution < -0.4 is 5.32 Å². The van der Waals surface area contributed by atoms with Crippen LogP contribution in [-0.4, -0.2) is 23.2 Å². The second-order valence-corrected chi connectivity index (χ2v) is 4.70. The van der Waals surface area contributed by atoms with E-state index in [1.807, 2.05) is 0 Å². The summed E-state index contributed by atoms with van der Waals surface area (Å²) in [5.74, 6) is 0.805. The Morgan fingerprint density at radius 2 is 2.12 bits per heavy atom. The minimum absolute atomic E-state index is 0.143. The van der Waals surface area contributed by atoms with E-state index < -0.39 is 6.10 Å². The molecule has 1 saturated carbocycles. The highest BCUT2D eigenvalue weighted by Gasteiger charge is 2.24. The lowest BCUT2D eigenvalue weighted by Gasteiger charge is -2.21. The quantitative estimate of drug-likeness (QED) is 0.773. The van der Waals surface area contributed by atoms with E-state index in [-0.39, 0.29) is 11.9 Å². The normalized spacial score (nSPS) is 25.3. The molecule has 17 heavy (non-hydrogen) atoms. The van der Waals surface area contributed by atoms with Crippen LogP contribution in [0.2, 0.25) is 0 Å². The van der Waals surface area contributed by atoms with E-state index >= 15 is 0 Å². The van der Waals surface area contributed by atoms with Crippen molar-refractivity contribution in [3.05, 3.63) is 23.7 Å². The fraction of sp³-hybridized carbons (Fsp3) is 0.615. The molecule has 0 radical (unpaired) electrons. The van der Waals surface area contributed by atoms with Crippen LogP contribution in [0.3, 0.4) is 0 Å². The first-order valence-corrected chi connectivity index (χ1v) is 6.22. The number of hydrogen-bond acceptors (Lipinski definition) is 3. The molecule has 1 aromatic rings. The maximum atomic E-state index is 11.9. The average Bonchev–Trinajstić information content (AvgIpc) is 2.63. The Labute approximate surface area is 101 Å². The minimum atomic E-state index is -0.433. The van der Waals surface area contributed by atoms with Gasteiger partial charge in [0.05, 0.1) is 12.1 Å². The van der Waals surface area contributed by atoms with Crippen LogP contribution >= 0.6 is 0 Å². The zero-order valence-corrected chi connectivity index (χ0v) is 10.1. The summed E-state index contributed by atoms with van der Waals surface area (Å²) in [5.41, 5.74) is 0. The third kappa shape index (κ3) is 3.09. The Balaban J connectivity index is 1.97. The maximum absolute atomic E-state index is 11.9. The SMILES string of the molecule is Cc1ccc(C(=O)NC2CCCCCC2O)o1. The van der Waals surface area contributed by atoms with Gasteiger partial charge in [-0.15, -0.1) is 0 Å². The number of carbonyl (C=O) groups excluding carboxylic acids is 1. The molecule has 4 nitrogen and oxygen atoms in total. The van der Waals surface area contributed by atoms with Gasteiger partial charge in [0.15, 0.2) is 5.76 Å². The van der Waals surface area contributed by atoms with Gasteiger partial charge < -0.3 is 14.8 Å². The molecule has 0 saturated heterocycles. The molecule has 2 atom stereocenters. The fourth-order valence-corrected chi connectivity index (χ4v) is 2.25. The Bertz CT molecular complexity index is 386. The van der Waals surface area contributed by atoms with Crippen molar-refractivity contribution in [2.75, 3.05) is 0 Å². The van der Waals surface area contributed by atoms with Crippen molar-refractivity contribution < 1.29 is 14.3 Å². The van der Waals surface area contributed by atoms with Crippen LogP contribution in [0.25, 0.3) is 0 Å². The Kier molecular flexibility index (Phi) is 3.84. The molecule has 4 heteroatoms. The zero-order chi connectivity index (χ0) is 12.3. The van der Waals surface area contributed by atoms with Gasteiger partial charge in [-0.25, -0.2) is 0 Å². The molecule has 1 heterocycles. The lowest BCUT2D eigenvalue weighted by Crippen LogP contribution is -2.42. The van der Waals surface area contributed by atoms with Gasteiger partial charge in [-0.1, -0.05) is 19.3 Å². The Hall–Kier alpha value is -1.29. The highest BCUT2D eigenvalue weighted by molar-refractivity contribution is 5.91. The molecule has 1 aromatic heterocycles. The fourth-order valence-electron chi connectivity index (χ4n) is 2.25. The summed E-state index contributed by atoms with van der Waals surface area (Å²) in [6, 6.07) is 3.28. The van der Waals surface area contributed by atoms with Gasteiger partial charge in [-0.2, -0.15) is 0 Å². The number of carbonyl (C=O) groups is 1. The van der Waals surface area contributed by atoms with Crippen molar-refractivity contribution in [3.63, 3.8) is 0 Å². The van der Waals surface area contributed by atoms with E-state index in [4.69, 9.17) is 4.42 Å². The number of amides is 1. The van der Waals surface area contributed by atoms with Crippen molar-refractivity contribution in [2.45, 2.75) is 51.2 Å². The van der Waals surface area contributed by atoms with Gasteiger partial charge in [-0.3, -0.25) is 4.79 Å². The van der Waals surface area contributed by atoms with Gasteiger partial charge in [-0.05, 0) is 31.9 Å². The van der Waals surface area contributed by atoms with E-state index in [1.54, 1.807) is 19.1 Å². The smallest absolute Gasteiger partial charge is 0.287 e. The van der Waals surface area contributed by atoms with Crippen molar-refractivity contribution in [2.24, 2.45) is 0 Å². The van der Waals surface area contributed by atoms with Gasteiger partial charge in [0.2, 0.25) is 0 Å². The van der Waals surface area contributed by atoms with E-state index in [2.05, 4.69) is 5.32 Å². The van der Waals surface area contributed by atoms with Gasteiger partial charge in [0.1, 0.15) is 5.76 Å². The molecular formula is C13H19NO3. The topological polar surface area (TPSA) is 62.5 Å². The van der Waals surface area contributed by atoms with Crippen molar-refractivity contribution in [1.82, 2.24) is 5.32 Å². The van der Waals surface area contributed by atoms with Crippen LogP contribution in [0.4, 0.5) is 0 Å². The van der Waals surface area contributed by atoms with Crippen LogP contribution in [0.5, 0.6) is 0 Å². The standard InChI is InChI=1S/C13H19NO3/c1-9-7-8-12(17-9)13(16)14-10-5-3-2-4-6-11(10)15/h7-8,10-11,15H,2-6H2,1H3,(H,14,16). The van der Waals surface area contributed by atoms with E-state index in [9.17, 15) is 9.90 Å². The first kappa shape index (κ1) is 12.2. The molecule has 2 N–H and O–H groups in total. The highest BCUT2D eigenvalue weighted by atomic mass is 16.3. The number of rotatable bonds is 2. The van der Waals surface area contributed by atoms with Crippen LogP contribution in [0.15, 0.2) is 16.5 Å². The summed E-state index contributed by atoms with van der Waals surface area (Å²) >= 11 is 0. The lowest BCUT2D eigenvalue weighted by atomic mass is 10.1. The third-order valence-corrected chi connectivity index (χ3v) is 3.26. The summed E-state index contributed by atoms with van der Waals surface area (Å²) in [6.07, 6.45) is 4.39. The number of nitrogens with one attached hydrogen (secondary N) is 1. The number of aliphatic hydroxyl groups is 1. The molecular weight excluding hydrogens is 218 g/mol. The van der Waals surface area contributed by atoms with Gasteiger partial charge >= 0.3 is 0 Å². The second-order valence-electron chi connectivity index (χ2n) is 4.70. The molecule has 1 aliphatic rings. The molecule has 2 rings (SSSR count).